The Bertz CT molecular complexity index is 448. The van der Waals surface area contributed by atoms with Crippen LogP contribution in [0.5, 0.6) is 0 Å². The molecule has 0 radical (unpaired) electrons. The zero-order valence-corrected chi connectivity index (χ0v) is 13.7. The summed E-state index contributed by atoms with van der Waals surface area (Å²) in [5, 5.41) is 0. The maximum Gasteiger partial charge on any atom is 0.0482 e. The Morgan fingerprint density at radius 1 is 1.05 bits per heavy atom. The SMILES string of the molecule is NC(c1cccc(Br)c1)C1(N2CCCCC2)CCCC1. The van der Waals surface area contributed by atoms with Crippen molar-refractivity contribution < 1.29 is 0 Å². The average molecular weight is 337 g/mol. The second-order valence-electron chi connectivity index (χ2n) is 6.39. The highest BCUT2D eigenvalue weighted by atomic mass is 79.9. The molecule has 0 amide bonds. The first-order chi connectivity index (χ1) is 9.72. The molecular weight excluding hydrogens is 312 g/mol. The van der Waals surface area contributed by atoms with Crippen LogP contribution in [0, 0.1) is 0 Å². The number of likely N-dealkylation sites (tertiary alicyclic amines) is 1. The van der Waals surface area contributed by atoms with Crippen molar-refractivity contribution in [3.8, 4) is 0 Å². The molecule has 2 nitrogen and oxygen atoms in total. The Hall–Kier alpha value is -0.380. The third-order valence-electron chi connectivity index (χ3n) is 5.24. The van der Waals surface area contributed by atoms with Crippen LogP contribution < -0.4 is 5.73 Å². The normalized spacial score (nSPS) is 24.7. The molecule has 110 valence electrons. The van der Waals surface area contributed by atoms with Gasteiger partial charge in [-0.25, -0.2) is 0 Å². The molecule has 1 heterocycles. The predicted molar refractivity (Wildman–Crippen MR) is 87.7 cm³/mol. The quantitative estimate of drug-likeness (QED) is 0.893. The van der Waals surface area contributed by atoms with Gasteiger partial charge in [-0.15, -0.1) is 0 Å². The fourth-order valence-electron chi connectivity index (χ4n) is 4.16. The summed E-state index contributed by atoms with van der Waals surface area (Å²) in [5.74, 6) is 0. The van der Waals surface area contributed by atoms with Gasteiger partial charge < -0.3 is 5.73 Å². The maximum atomic E-state index is 6.77. The van der Waals surface area contributed by atoms with E-state index in [0.717, 1.165) is 4.47 Å². The van der Waals surface area contributed by atoms with Crippen molar-refractivity contribution in [2.24, 2.45) is 5.73 Å². The fraction of sp³-hybridized carbons (Fsp3) is 0.647. The van der Waals surface area contributed by atoms with Crippen molar-refractivity contribution in [3.63, 3.8) is 0 Å². The van der Waals surface area contributed by atoms with Crippen LogP contribution in [0.15, 0.2) is 28.7 Å². The minimum atomic E-state index is 0.139. The van der Waals surface area contributed by atoms with Gasteiger partial charge in [-0.05, 0) is 56.5 Å². The monoisotopic (exact) mass is 336 g/mol. The Morgan fingerprint density at radius 3 is 2.40 bits per heavy atom. The van der Waals surface area contributed by atoms with Crippen LogP contribution in [0.4, 0.5) is 0 Å². The summed E-state index contributed by atoms with van der Waals surface area (Å²) in [6.07, 6.45) is 9.26. The average Bonchev–Trinajstić information content (AvgIpc) is 2.98. The van der Waals surface area contributed by atoms with Gasteiger partial charge in [-0.3, -0.25) is 4.90 Å². The summed E-state index contributed by atoms with van der Waals surface area (Å²) >= 11 is 3.58. The van der Waals surface area contributed by atoms with Crippen molar-refractivity contribution in [2.45, 2.75) is 56.5 Å². The number of nitrogens with two attached hydrogens (primary N) is 1. The molecule has 1 unspecified atom stereocenters. The van der Waals surface area contributed by atoms with Crippen LogP contribution in [0.2, 0.25) is 0 Å². The number of benzene rings is 1. The van der Waals surface area contributed by atoms with Gasteiger partial charge >= 0.3 is 0 Å². The van der Waals surface area contributed by atoms with Crippen molar-refractivity contribution in [1.29, 1.82) is 0 Å². The summed E-state index contributed by atoms with van der Waals surface area (Å²) in [6.45, 7) is 2.48. The minimum Gasteiger partial charge on any atom is -0.322 e. The Morgan fingerprint density at radius 2 is 1.75 bits per heavy atom. The fourth-order valence-corrected chi connectivity index (χ4v) is 4.58. The van der Waals surface area contributed by atoms with Gasteiger partial charge in [0.25, 0.3) is 0 Å². The lowest BCUT2D eigenvalue weighted by Gasteiger charge is -2.47. The van der Waals surface area contributed by atoms with Crippen LogP contribution in [0.25, 0.3) is 0 Å². The summed E-state index contributed by atoms with van der Waals surface area (Å²) in [5.41, 5.74) is 8.27. The molecule has 1 aliphatic heterocycles. The molecule has 1 aromatic rings. The standard InChI is InChI=1S/C17H25BrN2/c18-15-8-6-7-14(13-15)16(19)17(9-2-3-10-17)20-11-4-1-5-12-20/h6-8,13,16H,1-5,9-12,19H2. The van der Waals surface area contributed by atoms with Crippen LogP contribution in [-0.2, 0) is 0 Å². The first kappa shape index (κ1) is 14.6. The number of rotatable bonds is 3. The molecular formula is C17H25BrN2. The second kappa shape index (κ2) is 6.17. The Kier molecular flexibility index (Phi) is 4.49. The molecule has 3 heteroatoms. The number of hydrogen-bond acceptors (Lipinski definition) is 2. The number of nitrogens with zero attached hydrogens (tertiary/aromatic N) is 1. The lowest BCUT2D eigenvalue weighted by Crippen LogP contribution is -2.55. The predicted octanol–water partition coefficient (Wildman–Crippen LogP) is 4.25. The zero-order valence-electron chi connectivity index (χ0n) is 12.2. The van der Waals surface area contributed by atoms with E-state index in [2.05, 4.69) is 45.1 Å². The van der Waals surface area contributed by atoms with E-state index in [-0.39, 0.29) is 11.6 Å². The molecule has 1 saturated heterocycles. The molecule has 2 fully saturated rings. The summed E-state index contributed by atoms with van der Waals surface area (Å²) in [7, 11) is 0. The van der Waals surface area contributed by atoms with Crippen LogP contribution >= 0.6 is 15.9 Å². The summed E-state index contributed by atoms with van der Waals surface area (Å²) in [6, 6.07) is 8.73. The van der Waals surface area contributed by atoms with Gasteiger partial charge in [0.2, 0.25) is 0 Å². The number of piperidine rings is 1. The van der Waals surface area contributed by atoms with E-state index in [9.17, 15) is 0 Å². The first-order valence-electron chi connectivity index (χ1n) is 7.98. The number of halogens is 1. The van der Waals surface area contributed by atoms with E-state index in [1.165, 1.54) is 63.6 Å². The smallest absolute Gasteiger partial charge is 0.0482 e. The molecule has 2 aliphatic rings. The van der Waals surface area contributed by atoms with Crippen LogP contribution in [0.3, 0.4) is 0 Å². The molecule has 20 heavy (non-hydrogen) atoms. The van der Waals surface area contributed by atoms with Crippen LogP contribution in [0.1, 0.15) is 56.6 Å². The van der Waals surface area contributed by atoms with Crippen LogP contribution in [-0.4, -0.2) is 23.5 Å². The molecule has 2 N–H and O–H groups in total. The molecule has 1 aromatic carbocycles. The van der Waals surface area contributed by atoms with Gasteiger partial charge in [-0.1, -0.05) is 47.3 Å². The molecule has 0 aromatic heterocycles. The summed E-state index contributed by atoms with van der Waals surface area (Å²) < 4.78 is 1.14. The van der Waals surface area contributed by atoms with E-state index >= 15 is 0 Å². The second-order valence-corrected chi connectivity index (χ2v) is 7.31. The summed E-state index contributed by atoms with van der Waals surface area (Å²) in [4.78, 5) is 2.72. The topological polar surface area (TPSA) is 29.3 Å². The third-order valence-corrected chi connectivity index (χ3v) is 5.74. The van der Waals surface area contributed by atoms with E-state index in [1.807, 2.05) is 0 Å². The molecule has 0 bridgehead atoms. The molecule has 1 saturated carbocycles. The van der Waals surface area contributed by atoms with Gasteiger partial charge in [0, 0.05) is 16.1 Å². The van der Waals surface area contributed by atoms with E-state index in [4.69, 9.17) is 5.73 Å². The lowest BCUT2D eigenvalue weighted by atomic mass is 9.81. The zero-order chi connectivity index (χ0) is 14.0. The highest BCUT2D eigenvalue weighted by Gasteiger charge is 2.45. The molecule has 1 aliphatic carbocycles. The van der Waals surface area contributed by atoms with Crippen molar-refractivity contribution >= 4 is 15.9 Å². The van der Waals surface area contributed by atoms with Crippen molar-refractivity contribution in [1.82, 2.24) is 4.90 Å². The highest BCUT2D eigenvalue weighted by molar-refractivity contribution is 9.10. The van der Waals surface area contributed by atoms with E-state index < -0.39 is 0 Å². The number of hydrogen-bond donors (Lipinski definition) is 1. The van der Waals surface area contributed by atoms with E-state index in [0.29, 0.717) is 0 Å². The third kappa shape index (κ3) is 2.68. The van der Waals surface area contributed by atoms with Gasteiger partial charge in [0.05, 0.1) is 0 Å². The first-order valence-corrected chi connectivity index (χ1v) is 8.78. The molecule has 1 atom stereocenters. The maximum absolute atomic E-state index is 6.77. The Balaban J connectivity index is 1.89. The van der Waals surface area contributed by atoms with Crippen molar-refractivity contribution in [3.05, 3.63) is 34.3 Å². The molecule has 3 rings (SSSR count). The van der Waals surface area contributed by atoms with Gasteiger partial charge in [-0.2, -0.15) is 0 Å². The van der Waals surface area contributed by atoms with E-state index in [1.54, 1.807) is 0 Å². The van der Waals surface area contributed by atoms with Crippen molar-refractivity contribution in [2.75, 3.05) is 13.1 Å². The van der Waals surface area contributed by atoms with Gasteiger partial charge in [0.15, 0.2) is 0 Å². The molecule has 0 spiro atoms. The minimum absolute atomic E-state index is 0.139. The largest absolute Gasteiger partial charge is 0.322 e. The Labute approximate surface area is 130 Å². The van der Waals surface area contributed by atoms with Gasteiger partial charge in [0.1, 0.15) is 0 Å². The lowest BCUT2D eigenvalue weighted by molar-refractivity contribution is 0.0478. The highest BCUT2D eigenvalue weighted by Crippen LogP contribution is 2.44.